The molecule has 0 spiro atoms. The van der Waals surface area contributed by atoms with Gasteiger partial charge in [0.15, 0.2) is 0 Å². The first-order valence-corrected chi connectivity index (χ1v) is 9.49. The number of aromatic nitrogens is 3. The van der Waals surface area contributed by atoms with Crippen molar-refractivity contribution < 1.29 is 4.79 Å². The van der Waals surface area contributed by atoms with E-state index in [1.165, 1.54) is 5.56 Å². The Kier molecular flexibility index (Phi) is 6.34. The third kappa shape index (κ3) is 4.80. The monoisotopic (exact) mass is 368 g/mol. The highest BCUT2D eigenvalue weighted by atomic mass is 16.1. The minimum Gasteiger partial charge on any atom is -0.373 e. The molecule has 1 amide bonds. The first kappa shape index (κ1) is 19.2. The summed E-state index contributed by atoms with van der Waals surface area (Å²) in [6.07, 6.45) is 6.49. The molecule has 0 aliphatic carbocycles. The van der Waals surface area contributed by atoms with E-state index in [0.717, 1.165) is 50.4 Å². The first-order valence-electron chi connectivity index (χ1n) is 9.49. The summed E-state index contributed by atoms with van der Waals surface area (Å²) in [5, 5.41) is 5.85. The predicted octanol–water partition coefficient (Wildman–Crippen LogP) is 2.04. The molecule has 0 atom stereocenters. The maximum atomic E-state index is 12.1. The number of rotatable bonds is 6. The van der Waals surface area contributed by atoms with Crippen molar-refractivity contribution in [2.24, 2.45) is 5.92 Å². The lowest BCUT2D eigenvalue weighted by molar-refractivity contribution is 0.0960. The van der Waals surface area contributed by atoms with Crippen molar-refractivity contribution in [1.29, 1.82) is 0 Å². The minimum absolute atomic E-state index is 0.112. The van der Waals surface area contributed by atoms with Gasteiger partial charge in [0.05, 0.1) is 11.3 Å². The van der Waals surface area contributed by atoms with Crippen molar-refractivity contribution in [2.75, 3.05) is 32.5 Å². The van der Waals surface area contributed by atoms with Crippen LogP contribution in [0.15, 0.2) is 24.5 Å². The lowest BCUT2D eigenvalue weighted by atomic mass is 9.90. The molecule has 27 heavy (non-hydrogen) atoms. The van der Waals surface area contributed by atoms with Gasteiger partial charge in [0.2, 0.25) is 0 Å². The number of hydrogen-bond donors (Lipinski definition) is 2. The molecule has 3 heterocycles. The Morgan fingerprint density at radius 2 is 2.04 bits per heavy atom. The van der Waals surface area contributed by atoms with Crippen molar-refractivity contribution in [3.8, 4) is 0 Å². The second kappa shape index (κ2) is 8.90. The molecular formula is C20H28N6O. The Morgan fingerprint density at radius 1 is 1.26 bits per heavy atom. The van der Waals surface area contributed by atoms with E-state index in [1.807, 2.05) is 26.2 Å². The van der Waals surface area contributed by atoms with E-state index in [1.54, 1.807) is 13.2 Å². The molecule has 0 unspecified atom stereocenters. The van der Waals surface area contributed by atoms with Gasteiger partial charge in [-0.05, 0) is 51.3 Å². The zero-order chi connectivity index (χ0) is 19.2. The average molecular weight is 368 g/mol. The van der Waals surface area contributed by atoms with Crippen LogP contribution in [-0.2, 0) is 13.0 Å². The molecule has 2 aromatic heterocycles. The SMILES string of the molecule is CNC(=O)c1cnc(C)nc1CC1CCN(Cc2cccnc2NC)CC1. The summed E-state index contributed by atoms with van der Waals surface area (Å²) in [7, 11) is 3.55. The Bertz CT molecular complexity index is 786. The van der Waals surface area contributed by atoms with Crippen LogP contribution in [0.3, 0.4) is 0 Å². The second-order valence-electron chi connectivity index (χ2n) is 7.04. The number of anilines is 1. The van der Waals surface area contributed by atoms with Gasteiger partial charge in [0.25, 0.3) is 5.91 Å². The molecular weight excluding hydrogens is 340 g/mol. The fourth-order valence-electron chi connectivity index (χ4n) is 3.65. The molecule has 7 heteroatoms. The van der Waals surface area contributed by atoms with E-state index >= 15 is 0 Å². The number of nitrogens with zero attached hydrogens (tertiary/aromatic N) is 4. The number of carbonyl (C=O) groups excluding carboxylic acids is 1. The summed E-state index contributed by atoms with van der Waals surface area (Å²) in [6.45, 7) is 4.87. The third-order valence-corrected chi connectivity index (χ3v) is 5.17. The molecule has 7 nitrogen and oxygen atoms in total. The summed E-state index contributed by atoms with van der Waals surface area (Å²) in [4.78, 5) is 27.7. The maximum Gasteiger partial charge on any atom is 0.254 e. The molecule has 144 valence electrons. The Labute approximate surface area is 160 Å². The Morgan fingerprint density at radius 3 is 2.74 bits per heavy atom. The highest BCUT2D eigenvalue weighted by Gasteiger charge is 2.23. The molecule has 1 aliphatic heterocycles. The lowest BCUT2D eigenvalue weighted by Gasteiger charge is -2.32. The van der Waals surface area contributed by atoms with Gasteiger partial charge in [-0.1, -0.05) is 6.07 Å². The van der Waals surface area contributed by atoms with E-state index in [2.05, 4.69) is 36.6 Å². The van der Waals surface area contributed by atoms with Crippen LogP contribution in [0.2, 0.25) is 0 Å². The molecule has 0 radical (unpaired) electrons. The molecule has 1 saturated heterocycles. The number of hydrogen-bond acceptors (Lipinski definition) is 6. The largest absolute Gasteiger partial charge is 0.373 e. The standard InChI is InChI=1S/C20H28N6O/c1-14-24-12-17(20(27)22-3)18(25-14)11-15-6-9-26(10-7-15)13-16-5-4-8-23-19(16)21-2/h4-5,8,12,15H,6-7,9-11,13H2,1-3H3,(H,21,23)(H,22,27). The topological polar surface area (TPSA) is 83.0 Å². The van der Waals surface area contributed by atoms with E-state index in [0.29, 0.717) is 17.3 Å². The third-order valence-electron chi connectivity index (χ3n) is 5.17. The summed E-state index contributed by atoms with van der Waals surface area (Å²) >= 11 is 0. The molecule has 1 fully saturated rings. The molecule has 3 rings (SSSR count). The number of likely N-dealkylation sites (tertiary alicyclic amines) is 1. The number of piperidine rings is 1. The summed E-state index contributed by atoms with van der Waals surface area (Å²) in [5.41, 5.74) is 2.69. The van der Waals surface area contributed by atoms with E-state index < -0.39 is 0 Å². The molecule has 0 saturated carbocycles. The van der Waals surface area contributed by atoms with Crippen molar-refractivity contribution >= 4 is 11.7 Å². The molecule has 2 N–H and O–H groups in total. The van der Waals surface area contributed by atoms with Crippen LogP contribution in [0.5, 0.6) is 0 Å². The number of pyridine rings is 1. The van der Waals surface area contributed by atoms with Crippen LogP contribution in [0, 0.1) is 12.8 Å². The van der Waals surface area contributed by atoms with Gasteiger partial charge in [-0.15, -0.1) is 0 Å². The number of aryl methyl sites for hydroxylation is 1. The molecule has 2 aromatic rings. The van der Waals surface area contributed by atoms with Crippen LogP contribution in [0.1, 0.15) is 40.3 Å². The number of carbonyl (C=O) groups is 1. The van der Waals surface area contributed by atoms with Crippen LogP contribution in [-0.4, -0.2) is 52.9 Å². The summed E-state index contributed by atoms with van der Waals surface area (Å²) < 4.78 is 0. The summed E-state index contributed by atoms with van der Waals surface area (Å²) in [6, 6.07) is 4.12. The highest BCUT2D eigenvalue weighted by molar-refractivity contribution is 5.94. The Balaban J connectivity index is 1.60. The molecule has 0 bridgehead atoms. The van der Waals surface area contributed by atoms with Crippen molar-refractivity contribution in [3.05, 3.63) is 47.2 Å². The van der Waals surface area contributed by atoms with Gasteiger partial charge in [0, 0.05) is 38.6 Å². The van der Waals surface area contributed by atoms with Gasteiger partial charge in [0.1, 0.15) is 11.6 Å². The van der Waals surface area contributed by atoms with Crippen molar-refractivity contribution in [3.63, 3.8) is 0 Å². The first-order chi connectivity index (χ1) is 13.1. The Hall–Kier alpha value is -2.54. The summed E-state index contributed by atoms with van der Waals surface area (Å²) in [5.74, 6) is 2.09. The van der Waals surface area contributed by atoms with Gasteiger partial charge >= 0.3 is 0 Å². The fraction of sp³-hybridized carbons (Fsp3) is 0.500. The van der Waals surface area contributed by atoms with E-state index in [9.17, 15) is 4.79 Å². The van der Waals surface area contributed by atoms with E-state index in [-0.39, 0.29) is 5.91 Å². The zero-order valence-corrected chi connectivity index (χ0v) is 16.3. The van der Waals surface area contributed by atoms with Crippen LogP contribution < -0.4 is 10.6 Å². The van der Waals surface area contributed by atoms with Gasteiger partial charge < -0.3 is 10.6 Å². The van der Waals surface area contributed by atoms with Crippen molar-refractivity contribution in [1.82, 2.24) is 25.2 Å². The van der Waals surface area contributed by atoms with Crippen LogP contribution in [0.25, 0.3) is 0 Å². The predicted molar refractivity (Wildman–Crippen MR) is 106 cm³/mol. The highest BCUT2D eigenvalue weighted by Crippen LogP contribution is 2.24. The van der Waals surface area contributed by atoms with E-state index in [4.69, 9.17) is 0 Å². The smallest absolute Gasteiger partial charge is 0.254 e. The normalized spacial score (nSPS) is 15.5. The van der Waals surface area contributed by atoms with Crippen molar-refractivity contribution in [2.45, 2.75) is 32.7 Å². The quantitative estimate of drug-likeness (QED) is 0.812. The lowest BCUT2D eigenvalue weighted by Crippen LogP contribution is -2.34. The van der Waals surface area contributed by atoms with Gasteiger partial charge in [-0.2, -0.15) is 0 Å². The van der Waals surface area contributed by atoms with Gasteiger partial charge in [-0.25, -0.2) is 15.0 Å². The number of nitrogens with one attached hydrogen (secondary N) is 2. The van der Waals surface area contributed by atoms with Crippen LogP contribution in [0.4, 0.5) is 5.82 Å². The minimum atomic E-state index is -0.112. The second-order valence-corrected chi connectivity index (χ2v) is 7.04. The number of amides is 1. The molecule has 1 aliphatic rings. The average Bonchev–Trinajstić information content (AvgIpc) is 2.69. The van der Waals surface area contributed by atoms with Crippen LogP contribution >= 0.6 is 0 Å². The fourth-order valence-corrected chi connectivity index (χ4v) is 3.65. The maximum absolute atomic E-state index is 12.1. The molecule has 0 aromatic carbocycles. The zero-order valence-electron chi connectivity index (χ0n) is 16.3. The van der Waals surface area contributed by atoms with Gasteiger partial charge in [-0.3, -0.25) is 9.69 Å².